The number of hydroxylamine groups is 2. The second-order valence-electron chi connectivity index (χ2n) is 5.94. The molecular formula is C18H15FN2O3. The Morgan fingerprint density at radius 1 is 0.958 bits per heavy atom. The second-order valence-corrected chi connectivity index (χ2v) is 5.94. The third kappa shape index (κ3) is 2.15. The van der Waals surface area contributed by atoms with Crippen molar-refractivity contribution in [2.24, 2.45) is 5.92 Å². The predicted molar refractivity (Wildman–Crippen MR) is 84.2 cm³/mol. The Kier molecular flexibility index (Phi) is 3.44. The van der Waals surface area contributed by atoms with E-state index in [0.29, 0.717) is 5.69 Å². The van der Waals surface area contributed by atoms with Crippen LogP contribution in [0.25, 0.3) is 0 Å². The van der Waals surface area contributed by atoms with E-state index in [1.54, 1.807) is 43.4 Å². The van der Waals surface area contributed by atoms with Gasteiger partial charge in [-0.25, -0.2) is 9.29 Å². The summed E-state index contributed by atoms with van der Waals surface area (Å²) < 4.78 is 13.2. The fourth-order valence-electron chi connectivity index (χ4n) is 3.46. The molecule has 5 nitrogen and oxygen atoms in total. The quantitative estimate of drug-likeness (QED) is 0.795. The molecule has 0 radical (unpaired) electrons. The van der Waals surface area contributed by atoms with Crippen LogP contribution in [0.5, 0.6) is 0 Å². The number of benzene rings is 2. The summed E-state index contributed by atoms with van der Waals surface area (Å²) in [7, 11) is 1.68. The molecule has 4 rings (SSSR count). The Balaban J connectivity index is 1.72. The number of imide groups is 1. The predicted octanol–water partition coefficient (Wildman–Crippen LogP) is 2.30. The normalized spacial score (nSPS) is 26.9. The first kappa shape index (κ1) is 15.0. The maximum atomic E-state index is 13.2. The maximum absolute atomic E-state index is 13.2. The number of amides is 2. The second kappa shape index (κ2) is 5.51. The zero-order valence-electron chi connectivity index (χ0n) is 12.9. The number of hydrogen-bond donors (Lipinski definition) is 0. The molecule has 24 heavy (non-hydrogen) atoms. The zero-order valence-corrected chi connectivity index (χ0v) is 12.9. The molecule has 0 bridgehead atoms. The number of fused-ring (bicyclic) bond motifs is 1. The van der Waals surface area contributed by atoms with Crippen LogP contribution in [0, 0.1) is 11.7 Å². The Labute approximate surface area is 138 Å². The molecule has 122 valence electrons. The Morgan fingerprint density at radius 2 is 1.62 bits per heavy atom. The highest BCUT2D eigenvalue weighted by Gasteiger charge is 2.59. The fourth-order valence-corrected chi connectivity index (χ4v) is 3.46. The zero-order chi connectivity index (χ0) is 16.8. The molecule has 0 N–H and O–H groups in total. The van der Waals surface area contributed by atoms with Crippen LogP contribution in [-0.2, 0) is 14.4 Å². The number of carbonyl (C=O) groups excluding carboxylic acids is 2. The van der Waals surface area contributed by atoms with E-state index in [9.17, 15) is 14.0 Å². The summed E-state index contributed by atoms with van der Waals surface area (Å²) in [4.78, 5) is 32.4. The topological polar surface area (TPSA) is 49.9 Å². The molecule has 2 heterocycles. The number of hydrogen-bond acceptors (Lipinski definition) is 4. The molecule has 3 atom stereocenters. The molecule has 0 saturated carbocycles. The van der Waals surface area contributed by atoms with Crippen molar-refractivity contribution in [3.05, 3.63) is 66.0 Å². The van der Waals surface area contributed by atoms with Gasteiger partial charge >= 0.3 is 0 Å². The van der Waals surface area contributed by atoms with Gasteiger partial charge in [-0.05, 0) is 29.8 Å². The molecular weight excluding hydrogens is 311 g/mol. The van der Waals surface area contributed by atoms with Crippen molar-refractivity contribution in [3.8, 4) is 0 Å². The van der Waals surface area contributed by atoms with Crippen LogP contribution in [0.2, 0.25) is 0 Å². The van der Waals surface area contributed by atoms with Gasteiger partial charge in [0.25, 0.3) is 5.91 Å². The van der Waals surface area contributed by atoms with Crippen molar-refractivity contribution < 1.29 is 18.8 Å². The van der Waals surface area contributed by atoms with Gasteiger partial charge in [-0.2, -0.15) is 5.06 Å². The van der Waals surface area contributed by atoms with Gasteiger partial charge in [0, 0.05) is 7.05 Å². The molecule has 2 aliphatic heterocycles. The van der Waals surface area contributed by atoms with E-state index in [1.165, 1.54) is 22.1 Å². The van der Waals surface area contributed by atoms with Gasteiger partial charge in [0.15, 0.2) is 6.10 Å². The largest absolute Gasteiger partial charge is 0.284 e. The minimum absolute atomic E-state index is 0.296. The maximum Gasteiger partial charge on any atom is 0.265 e. The van der Waals surface area contributed by atoms with Gasteiger partial charge in [-0.3, -0.25) is 14.4 Å². The van der Waals surface area contributed by atoms with E-state index in [0.717, 1.165) is 5.56 Å². The van der Waals surface area contributed by atoms with Crippen LogP contribution >= 0.6 is 0 Å². The first-order valence-corrected chi connectivity index (χ1v) is 7.66. The van der Waals surface area contributed by atoms with E-state index < -0.39 is 18.1 Å². The van der Waals surface area contributed by atoms with Gasteiger partial charge in [-0.15, -0.1) is 0 Å². The summed E-state index contributed by atoms with van der Waals surface area (Å²) >= 11 is 0. The molecule has 2 aliphatic rings. The average molecular weight is 326 g/mol. The Morgan fingerprint density at radius 3 is 2.29 bits per heavy atom. The number of halogens is 1. The summed E-state index contributed by atoms with van der Waals surface area (Å²) in [6.07, 6.45) is -0.849. The molecule has 0 unspecified atom stereocenters. The van der Waals surface area contributed by atoms with Gasteiger partial charge in [0.05, 0.1) is 17.6 Å². The molecule has 2 amide bonds. The average Bonchev–Trinajstić information content (AvgIpc) is 3.04. The summed E-state index contributed by atoms with van der Waals surface area (Å²) in [5.74, 6) is -1.66. The van der Waals surface area contributed by atoms with Crippen LogP contribution in [0.3, 0.4) is 0 Å². The van der Waals surface area contributed by atoms with Gasteiger partial charge in [-0.1, -0.05) is 30.3 Å². The minimum Gasteiger partial charge on any atom is -0.284 e. The minimum atomic E-state index is -0.849. The lowest BCUT2D eigenvalue weighted by molar-refractivity contribution is -0.160. The van der Waals surface area contributed by atoms with Crippen molar-refractivity contribution in [1.82, 2.24) is 5.06 Å². The van der Waals surface area contributed by atoms with Crippen LogP contribution in [0.15, 0.2) is 54.6 Å². The SMILES string of the molecule is CN1O[C@@H]2C(=O)N(c3ccccc3)C(=O)[C@H]2[C@@H]1c1ccc(F)cc1. The Bertz CT molecular complexity index is 794. The van der Waals surface area contributed by atoms with Gasteiger partial charge in [0.1, 0.15) is 5.82 Å². The van der Waals surface area contributed by atoms with Crippen molar-refractivity contribution in [2.45, 2.75) is 12.1 Å². The van der Waals surface area contributed by atoms with Crippen LogP contribution in [-0.4, -0.2) is 30.0 Å². The standard InChI is InChI=1S/C18H15FN2O3/c1-20-15(11-7-9-12(19)10-8-11)14-16(24-20)18(23)21(17(14)22)13-5-3-2-4-6-13/h2-10,14-16H,1H3/t14-,15-,16-/m0/s1. The van der Waals surface area contributed by atoms with Gasteiger partial charge < -0.3 is 0 Å². The summed E-state index contributed by atoms with van der Waals surface area (Å²) in [5.41, 5.74) is 1.27. The third-order valence-electron chi connectivity index (χ3n) is 4.53. The number of nitrogens with zero attached hydrogens (tertiary/aromatic N) is 2. The van der Waals surface area contributed by atoms with Crippen molar-refractivity contribution in [1.29, 1.82) is 0 Å². The Hall–Kier alpha value is -2.57. The van der Waals surface area contributed by atoms with Gasteiger partial charge in [0.2, 0.25) is 5.91 Å². The van der Waals surface area contributed by atoms with Crippen LogP contribution in [0.4, 0.5) is 10.1 Å². The van der Waals surface area contributed by atoms with E-state index in [1.807, 2.05) is 6.07 Å². The lowest BCUT2D eigenvalue weighted by atomic mass is 9.91. The monoisotopic (exact) mass is 326 g/mol. The van der Waals surface area contributed by atoms with E-state index in [4.69, 9.17) is 4.84 Å². The fraction of sp³-hybridized carbons (Fsp3) is 0.222. The highest BCUT2D eigenvalue weighted by Crippen LogP contribution is 2.44. The number of anilines is 1. The van der Waals surface area contributed by atoms with E-state index in [2.05, 4.69) is 0 Å². The van der Waals surface area contributed by atoms with Crippen molar-refractivity contribution in [2.75, 3.05) is 11.9 Å². The number of carbonyl (C=O) groups is 2. The summed E-state index contributed by atoms with van der Waals surface area (Å²) in [5, 5.41) is 1.51. The highest BCUT2D eigenvalue weighted by molar-refractivity contribution is 6.23. The first-order chi connectivity index (χ1) is 11.6. The molecule has 2 aromatic carbocycles. The molecule has 0 aliphatic carbocycles. The van der Waals surface area contributed by atoms with Crippen LogP contribution < -0.4 is 4.90 Å². The number of para-hydroxylation sites is 1. The smallest absolute Gasteiger partial charge is 0.265 e. The molecule has 2 fully saturated rings. The molecule has 6 heteroatoms. The number of rotatable bonds is 2. The summed E-state index contributed by atoms with van der Waals surface area (Å²) in [6.45, 7) is 0. The van der Waals surface area contributed by atoms with Crippen molar-refractivity contribution >= 4 is 17.5 Å². The molecule has 2 saturated heterocycles. The molecule has 0 aromatic heterocycles. The molecule has 0 spiro atoms. The molecule has 2 aromatic rings. The van der Waals surface area contributed by atoms with E-state index >= 15 is 0 Å². The van der Waals surface area contributed by atoms with Crippen LogP contribution in [0.1, 0.15) is 11.6 Å². The lowest BCUT2D eigenvalue weighted by Gasteiger charge is -2.24. The van der Waals surface area contributed by atoms with Crippen molar-refractivity contribution in [3.63, 3.8) is 0 Å². The van der Waals surface area contributed by atoms with E-state index in [-0.39, 0.29) is 17.6 Å². The first-order valence-electron chi connectivity index (χ1n) is 7.66. The highest BCUT2D eigenvalue weighted by atomic mass is 19.1. The third-order valence-corrected chi connectivity index (χ3v) is 4.53. The lowest BCUT2D eigenvalue weighted by Crippen LogP contribution is -2.36. The summed E-state index contributed by atoms with van der Waals surface area (Å²) in [6, 6.07) is 14.3.